The maximum absolute atomic E-state index is 10.4. The fourth-order valence-electron chi connectivity index (χ4n) is 2.00. The van der Waals surface area contributed by atoms with Crippen LogP contribution < -0.4 is 0 Å². The first-order chi connectivity index (χ1) is 12.0. The molecular formula is C20H30O5. The van der Waals surface area contributed by atoms with Gasteiger partial charge >= 0.3 is 5.97 Å². The average Bonchev–Trinajstić information content (AvgIpc) is 2.56. The smallest absolute Gasteiger partial charge is 0.303 e. The maximum Gasteiger partial charge on any atom is 0.303 e. The molecule has 3 unspecified atom stereocenters. The van der Waals surface area contributed by atoms with E-state index >= 15 is 0 Å². The molecular weight excluding hydrogens is 320 g/mol. The average molecular weight is 350 g/mol. The minimum atomic E-state index is -1.04. The molecule has 0 radical (unpaired) electrons. The van der Waals surface area contributed by atoms with Crippen molar-refractivity contribution in [1.29, 1.82) is 0 Å². The summed E-state index contributed by atoms with van der Waals surface area (Å²) in [6.07, 6.45) is 11.6. The Hall–Kier alpha value is -1.87. The SMILES string of the molecule is CCCCCC(O)/C=C/C#C/C=C/C=C/C(O)C(O)CCCC(=O)O. The van der Waals surface area contributed by atoms with Crippen molar-refractivity contribution in [1.82, 2.24) is 0 Å². The van der Waals surface area contributed by atoms with Gasteiger partial charge in [0, 0.05) is 6.42 Å². The summed E-state index contributed by atoms with van der Waals surface area (Å²) < 4.78 is 0. The Kier molecular flexibility index (Phi) is 14.5. The number of hydrogen-bond donors (Lipinski definition) is 4. The van der Waals surface area contributed by atoms with Crippen molar-refractivity contribution in [2.75, 3.05) is 0 Å². The van der Waals surface area contributed by atoms with Gasteiger partial charge in [-0.1, -0.05) is 56.3 Å². The van der Waals surface area contributed by atoms with E-state index in [1.807, 2.05) is 0 Å². The lowest BCUT2D eigenvalue weighted by atomic mass is 10.1. The summed E-state index contributed by atoms with van der Waals surface area (Å²) >= 11 is 0. The zero-order valence-corrected chi connectivity index (χ0v) is 14.8. The van der Waals surface area contributed by atoms with Gasteiger partial charge in [-0.3, -0.25) is 4.79 Å². The van der Waals surface area contributed by atoms with Crippen molar-refractivity contribution in [3.05, 3.63) is 36.5 Å². The zero-order valence-electron chi connectivity index (χ0n) is 14.8. The number of aliphatic hydroxyl groups is 3. The molecule has 0 aromatic carbocycles. The van der Waals surface area contributed by atoms with Crippen LogP contribution in [0, 0.1) is 11.8 Å². The van der Waals surface area contributed by atoms with Crippen LogP contribution >= 0.6 is 0 Å². The Balaban J connectivity index is 4.02. The molecule has 0 aromatic heterocycles. The van der Waals surface area contributed by atoms with Crippen LogP contribution in [0.2, 0.25) is 0 Å². The molecule has 25 heavy (non-hydrogen) atoms. The van der Waals surface area contributed by atoms with Gasteiger partial charge in [0.25, 0.3) is 0 Å². The number of aliphatic carboxylic acids is 1. The van der Waals surface area contributed by atoms with Crippen LogP contribution in [0.25, 0.3) is 0 Å². The third-order valence-electron chi connectivity index (χ3n) is 3.47. The summed E-state index contributed by atoms with van der Waals surface area (Å²) in [5.41, 5.74) is 0. The summed E-state index contributed by atoms with van der Waals surface area (Å²) in [4.78, 5) is 10.4. The molecule has 5 heteroatoms. The first kappa shape index (κ1) is 23.1. The minimum absolute atomic E-state index is 0.0240. The van der Waals surface area contributed by atoms with Crippen molar-refractivity contribution in [3.8, 4) is 11.8 Å². The Morgan fingerprint density at radius 3 is 2.36 bits per heavy atom. The fourth-order valence-corrected chi connectivity index (χ4v) is 2.00. The predicted molar refractivity (Wildman–Crippen MR) is 98.8 cm³/mol. The van der Waals surface area contributed by atoms with Gasteiger partial charge in [-0.25, -0.2) is 0 Å². The van der Waals surface area contributed by atoms with Crippen molar-refractivity contribution < 1.29 is 25.2 Å². The molecule has 3 atom stereocenters. The van der Waals surface area contributed by atoms with Crippen LogP contribution in [-0.2, 0) is 4.79 Å². The molecule has 140 valence electrons. The lowest BCUT2D eigenvalue weighted by Crippen LogP contribution is -2.23. The number of carboxylic acids is 1. The second-order valence-corrected chi connectivity index (χ2v) is 5.80. The van der Waals surface area contributed by atoms with Crippen LogP contribution in [0.15, 0.2) is 36.5 Å². The van der Waals surface area contributed by atoms with E-state index < -0.39 is 24.3 Å². The highest BCUT2D eigenvalue weighted by atomic mass is 16.4. The third kappa shape index (κ3) is 15.4. The van der Waals surface area contributed by atoms with E-state index in [0.717, 1.165) is 25.7 Å². The largest absolute Gasteiger partial charge is 0.481 e. The molecule has 0 bridgehead atoms. The Labute approximate surface area is 150 Å². The fraction of sp³-hybridized carbons (Fsp3) is 0.550. The van der Waals surface area contributed by atoms with E-state index in [9.17, 15) is 20.1 Å². The number of aliphatic hydroxyl groups excluding tert-OH is 3. The number of hydrogen-bond acceptors (Lipinski definition) is 4. The molecule has 0 saturated heterocycles. The van der Waals surface area contributed by atoms with Gasteiger partial charge in [0.15, 0.2) is 0 Å². The highest BCUT2D eigenvalue weighted by Crippen LogP contribution is 2.06. The molecule has 0 heterocycles. The zero-order chi connectivity index (χ0) is 18.9. The third-order valence-corrected chi connectivity index (χ3v) is 3.47. The number of carboxylic acid groups (broad SMARTS) is 1. The van der Waals surface area contributed by atoms with Crippen LogP contribution in [0.1, 0.15) is 51.9 Å². The number of rotatable bonds is 12. The molecule has 0 aliphatic carbocycles. The quantitative estimate of drug-likeness (QED) is 0.246. The van der Waals surface area contributed by atoms with Crippen molar-refractivity contribution in [2.24, 2.45) is 0 Å². The minimum Gasteiger partial charge on any atom is -0.481 e. The van der Waals surface area contributed by atoms with Gasteiger partial charge in [0.1, 0.15) is 0 Å². The Morgan fingerprint density at radius 2 is 1.68 bits per heavy atom. The van der Waals surface area contributed by atoms with Crippen LogP contribution in [0.5, 0.6) is 0 Å². The van der Waals surface area contributed by atoms with E-state index in [1.54, 1.807) is 30.4 Å². The molecule has 4 N–H and O–H groups in total. The summed E-state index contributed by atoms with van der Waals surface area (Å²) in [5, 5.41) is 37.5. The van der Waals surface area contributed by atoms with Crippen LogP contribution in [0.3, 0.4) is 0 Å². The molecule has 0 saturated carbocycles. The predicted octanol–water partition coefficient (Wildman–Crippen LogP) is 2.58. The number of allylic oxidation sites excluding steroid dienone is 4. The highest BCUT2D eigenvalue weighted by molar-refractivity contribution is 5.66. The Bertz CT molecular complexity index is 496. The van der Waals surface area contributed by atoms with Crippen molar-refractivity contribution >= 4 is 5.97 Å². The van der Waals surface area contributed by atoms with E-state index in [1.165, 1.54) is 6.08 Å². The van der Waals surface area contributed by atoms with Gasteiger partial charge < -0.3 is 20.4 Å². The van der Waals surface area contributed by atoms with Crippen molar-refractivity contribution in [2.45, 2.75) is 70.2 Å². The summed E-state index contributed by atoms with van der Waals surface area (Å²) in [7, 11) is 0. The lowest BCUT2D eigenvalue weighted by molar-refractivity contribution is -0.137. The highest BCUT2D eigenvalue weighted by Gasteiger charge is 2.12. The first-order valence-corrected chi connectivity index (χ1v) is 8.74. The molecule has 5 nitrogen and oxygen atoms in total. The van der Waals surface area contributed by atoms with Gasteiger partial charge in [0.05, 0.1) is 18.3 Å². The molecule has 0 aliphatic heterocycles. The molecule has 0 spiro atoms. The van der Waals surface area contributed by atoms with Gasteiger partial charge in [-0.2, -0.15) is 0 Å². The van der Waals surface area contributed by atoms with Gasteiger partial charge in [-0.15, -0.1) is 0 Å². The molecule has 0 aromatic rings. The summed E-state index contributed by atoms with van der Waals surface area (Å²) in [6.45, 7) is 2.12. The molecule has 0 amide bonds. The summed E-state index contributed by atoms with van der Waals surface area (Å²) in [6, 6.07) is 0. The molecule has 0 rings (SSSR count). The number of carbonyl (C=O) groups is 1. The Morgan fingerprint density at radius 1 is 0.960 bits per heavy atom. The van der Waals surface area contributed by atoms with Crippen LogP contribution in [0.4, 0.5) is 0 Å². The standard InChI is InChI=1S/C20H30O5/c1-2-3-8-12-17(21)13-9-6-4-5-7-10-14-18(22)19(23)15-11-16-20(24)25/h5,7,9-10,13-14,17-19,21-23H,2-3,8,11-12,15-16H2,1H3,(H,24,25)/b7-5+,13-9+,14-10+. The first-order valence-electron chi connectivity index (χ1n) is 8.74. The van der Waals surface area contributed by atoms with E-state index in [4.69, 9.17) is 5.11 Å². The number of unbranched alkanes of at least 4 members (excludes halogenated alkanes) is 2. The monoisotopic (exact) mass is 350 g/mol. The second-order valence-electron chi connectivity index (χ2n) is 5.80. The van der Waals surface area contributed by atoms with Gasteiger partial charge in [0.2, 0.25) is 0 Å². The van der Waals surface area contributed by atoms with Gasteiger partial charge in [-0.05, 0) is 37.5 Å². The molecule has 0 aliphatic rings. The second kappa shape index (κ2) is 15.6. The van der Waals surface area contributed by atoms with E-state index in [0.29, 0.717) is 6.42 Å². The lowest BCUT2D eigenvalue weighted by Gasteiger charge is -2.13. The maximum atomic E-state index is 10.4. The summed E-state index contributed by atoms with van der Waals surface area (Å²) in [5.74, 6) is 4.63. The van der Waals surface area contributed by atoms with E-state index in [2.05, 4.69) is 18.8 Å². The topological polar surface area (TPSA) is 98.0 Å². The normalized spacial score (nSPS) is 15.4. The molecule has 0 fully saturated rings. The van der Waals surface area contributed by atoms with Crippen LogP contribution in [-0.4, -0.2) is 44.7 Å². The van der Waals surface area contributed by atoms with E-state index in [-0.39, 0.29) is 12.8 Å². The van der Waals surface area contributed by atoms with Crippen molar-refractivity contribution in [3.63, 3.8) is 0 Å².